The Labute approximate surface area is 165 Å². The van der Waals surface area contributed by atoms with E-state index in [1.165, 1.54) is 0 Å². The molecule has 7 heteroatoms. The number of halogens is 1. The molecule has 1 N–H and O–H groups in total. The van der Waals surface area contributed by atoms with E-state index >= 15 is 0 Å². The number of esters is 1. The first kappa shape index (κ1) is 19.2. The summed E-state index contributed by atoms with van der Waals surface area (Å²) >= 11 is 3.50. The van der Waals surface area contributed by atoms with Gasteiger partial charge in [0.25, 0.3) is 5.91 Å². The van der Waals surface area contributed by atoms with Crippen molar-refractivity contribution >= 4 is 27.8 Å². The molecule has 0 aliphatic carbocycles. The fourth-order valence-corrected chi connectivity index (χ4v) is 3.52. The van der Waals surface area contributed by atoms with Gasteiger partial charge in [0.2, 0.25) is 0 Å². The number of carbonyl (C=O) groups is 2. The molecule has 0 aromatic heterocycles. The number of methoxy groups -OCH3 is 2. The van der Waals surface area contributed by atoms with Crippen LogP contribution in [-0.4, -0.2) is 38.7 Å². The summed E-state index contributed by atoms with van der Waals surface area (Å²) in [6.45, 7) is 0.405. The fraction of sp³-hybridized carbons (Fsp3) is 0.300. The minimum absolute atomic E-state index is 0.297. The van der Waals surface area contributed by atoms with E-state index < -0.39 is 12.1 Å². The SMILES string of the molecule is COc1cc(Br)c(CCNC(=O)[C@H]2Cc3ccccc3C(=O)O2)cc1OC. The second-order valence-electron chi connectivity index (χ2n) is 6.09. The number of rotatable bonds is 6. The Morgan fingerprint density at radius 3 is 2.67 bits per heavy atom. The monoisotopic (exact) mass is 433 g/mol. The quantitative estimate of drug-likeness (QED) is 0.708. The molecule has 0 unspecified atom stereocenters. The molecule has 3 rings (SSSR count). The van der Waals surface area contributed by atoms with Crippen molar-refractivity contribution in [1.82, 2.24) is 5.32 Å². The fourth-order valence-electron chi connectivity index (χ4n) is 3.00. The highest BCUT2D eigenvalue weighted by Crippen LogP contribution is 2.33. The lowest BCUT2D eigenvalue weighted by Gasteiger charge is -2.23. The molecule has 1 aliphatic heterocycles. The zero-order valence-electron chi connectivity index (χ0n) is 15.1. The molecule has 1 aliphatic rings. The van der Waals surface area contributed by atoms with E-state index in [2.05, 4.69) is 21.2 Å². The zero-order valence-corrected chi connectivity index (χ0v) is 16.7. The molecule has 1 amide bonds. The van der Waals surface area contributed by atoms with E-state index in [1.807, 2.05) is 24.3 Å². The first-order valence-corrected chi connectivity index (χ1v) is 9.29. The van der Waals surface area contributed by atoms with Gasteiger partial charge in [0.1, 0.15) is 0 Å². The Hall–Kier alpha value is -2.54. The normalized spacial score (nSPS) is 15.5. The van der Waals surface area contributed by atoms with Crippen molar-refractivity contribution in [3.63, 3.8) is 0 Å². The van der Waals surface area contributed by atoms with Gasteiger partial charge in [0, 0.05) is 17.4 Å². The van der Waals surface area contributed by atoms with Crippen LogP contribution in [0.15, 0.2) is 40.9 Å². The molecule has 0 spiro atoms. The molecule has 0 radical (unpaired) electrons. The van der Waals surface area contributed by atoms with Crippen molar-refractivity contribution in [2.75, 3.05) is 20.8 Å². The van der Waals surface area contributed by atoms with Gasteiger partial charge in [-0.25, -0.2) is 4.79 Å². The van der Waals surface area contributed by atoms with Crippen LogP contribution in [0.1, 0.15) is 21.5 Å². The number of amides is 1. The van der Waals surface area contributed by atoms with Gasteiger partial charge in [-0.3, -0.25) is 4.79 Å². The maximum Gasteiger partial charge on any atom is 0.339 e. The van der Waals surface area contributed by atoms with E-state index in [0.717, 1.165) is 15.6 Å². The minimum atomic E-state index is -0.804. The number of ether oxygens (including phenoxy) is 3. The lowest BCUT2D eigenvalue weighted by atomic mass is 9.98. The number of fused-ring (bicyclic) bond motifs is 1. The number of nitrogens with one attached hydrogen (secondary N) is 1. The topological polar surface area (TPSA) is 73.9 Å². The molecule has 142 valence electrons. The van der Waals surface area contributed by atoms with Gasteiger partial charge in [-0.2, -0.15) is 0 Å². The molecule has 0 saturated heterocycles. The minimum Gasteiger partial charge on any atom is -0.493 e. The highest BCUT2D eigenvalue weighted by molar-refractivity contribution is 9.10. The molecule has 1 heterocycles. The summed E-state index contributed by atoms with van der Waals surface area (Å²) in [4.78, 5) is 24.4. The Balaban J connectivity index is 1.60. The number of cyclic esters (lactones) is 1. The molecule has 0 fully saturated rings. The average molecular weight is 434 g/mol. The maximum absolute atomic E-state index is 12.4. The summed E-state index contributed by atoms with van der Waals surface area (Å²) < 4.78 is 16.7. The van der Waals surface area contributed by atoms with Crippen LogP contribution >= 0.6 is 15.9 Å². The Morgan fingerprint density at radius 2 is 1.93 bits per heavy atom. The smallest absolute Gasteiger partial charge is 0.339 e. The Bertz CT molecular complexity index is 867. The first-order chi connectivity index (χ1) is 13.0. The predicted octanol–water partition coefficient (Wildman–Crippen LogP) is 2.91. The summed E-state index contributed by atoms with van der Waals surface area (Å²) in [5.41, 5.74) is 2.33. The predicted molar refractivity (Wildman–Crippen MR) is 103 cm³/mol. The van der Waals surface area contributed by atoms with Crippen LogP contribution in [0.2, 0.25) is 0 Å². The van der Waals surface area contributed by atoms with Gasteiger partial charge in [-0.15, -0.1) is 0 Å². The Kier molecular flexibility index (Phi) is 6.01. The summed E-state index contributed by atoms with van der Waals surface area (Å²) in [5.74, 6) is 0.499. The largest absolute Gasteiger partial charge is 0.493 e. The molecule has 0 bridgehead atoms. The van der Waals surface area contributed by atoms with E-state index in [-0.39, 0.29) is 5.91 Å². The van der Waals surface area contributed by atoms with Crippen molar-refractivity contribution in [2.24, 2.45) is 0 Å². The summed E-state index contributed by atoms with van der Waals surface area (Å²) in [6.07, 6.45) is 0.166. The van der Waals surface area contributed by atoms with Gasteiger partial charge in [0.05, 0.1) is 19.8 Å². The highest BCUT2D eigenvalue weighted by atomic mass is 79.9. The standard InChI is InChI=1S/C20H20BrNO5/c1-25-16-10-13(15(21)11-17(16)26-2)7-8-22-19(23)18-9-12-5-3-4-6-14(12)20(24)27-18/h3-6,10-11,18H,7-9H2,1-2H3,(H,22,23)/t18-/m1/s1. The van der Waals surface area contributed by atoms with E-state index in [4.69, 9.17) is 14.2 Å². The Morgan fingerprint density at radius 1 is 1.22 bits per heavy atom. The number of benzene rings is 2. The second kappa shape index (κ2) is 8.43. The van der Waals surface area contributed by atoms with Crippen molar-refractivity contribution in [3.05, 3.63) is 57.6 Å². The molecule has 0 saturated carbocycles. The van der Waals surface area contributed by atoms with E-state index in [9.17, 15) is 9.59 Å². The van der Waals surface area contributed by atoms with Gasteiger partial charge < -0.3 is 19.5 Å². The molecule has 2 aromatic rings. The van der Waals surface area contributed by atoms with Crippen LogP contribution in [0.5, 0.6) is 11.5 Å². The molecule has 6 nitrogen and oxygen atoms in total. The summed E-state index contributed by atoms with van der Waals surface area (Å²) in [5, 5.41) is 2.84. The number of carbonyl (C=O) groups excluding carboxylic acids is 2. The van der Waals surface area contributed by atoms with Crippen molar-refractivity contribution < 1.29 is 23.8 Å². The molecular weight excluding hydrogens is 414 g/mol. The van der Waals surface area contributed by atoms with Crippen LogP contribution in [0.4, 0.5) is 0 Å². The first-order valence-electron chi connectivity index (χ1n) is 8.50. The van der Waals surface area contributed by atoms with Crippen molar-refractivity contribution in [1.29, 1.82) is 0 Å². The third-order valence-corrected chi connectivity index (χ3v) is 5.17. The van der Waals surface area contributed by atoms with Crippen molar-refractivity contribution in [3.8, 4) is 11.5 Å². The van der Waals surface area contributed by atoms with Crippen LogP contribution in [0.25, 0.3) is 0 Å². The second-order valence-corrected chi connectivity index (χ2v) is 6.95. The van der Waals surface area contributed by atoms with E-state index in [0.29, 0.717) is 36.4 Å². The van der Waals surface area contributed by atoms with Crippen LogP contribution in [0.3, 0.4) is 0 Å². The lowest BCUT2D eigenvalue weighted by Crippen LogP contribution is -2.42. The maximum atomic E-state index is 12.4. The van der Waals surface area contributed by atoms with Gasteiger partial charge in [0.15, 0.2) is 17.6 Å². The lowest BCUT2D eigenvalue weighted by molar-refractivity contribution is -0.130. The summed E-state index contributed by atoms with van der Waals surface area (Å²) in [7, 11) is 3.15. The average Bonchev–Trinajstić information content (AvgIpc) is 2.68. The van der Waals surface area contributed by atoms with Crippen molar-refractivity contribution in [2.45, 2.75) is 18.9 Å². The third kappa shape index (κ3) is 4.24. The van der Waals surface area contributed by atoms with Gasteiger partial charge in [-0.05, 0) is 35.7 Å². The van der Waals surface area contributed by atoms with Gasteiger partial charge in [-0.1, -0.05) is 34.1 Å². The molecule has 1 atom stereocenters. The zero-order chi connectivity index (χ0) is 19.4. The highest BCUT2D eigenvalue weighted by Gasteiger charge is 2.30. The molecular formula is C20H20BrNO5. The third-order valence-electron chi connectivity index (χ3n) is 4.43. The number of hydrogen-bond donors (Lipinski definition) is 1. The van der Waals surface area contributed by atoms with Crippen LogP contribution in [-0.2, 0) is 22.4 Å². The van der Waals surface area contributed by atoms with E-state index in [1.54, 1.807) is 26.4 Å². The number of hydrogen-bond acceptors (Lipinski definition) is 5. The molecule has 27 heavy (non-hydrogen) atoms. The van der Waals surface area contributed by atoms with Crippen LogP contribution < -0.4 is 14.8 Å². The van der Waals surface area contributed by atoms with Gasteiger partial charge >= 0.3 is 5.97 Å². The molecule has 2 aromatic carbocycles. The van der Waals surface area contributed by atoms with Crippen LogP contribution in [0, 0.1) is 0 Å². The summed E-state index contributed by atoms with van der Waals surface area (Å²) in [6, 6.07) is 10.9.